The average Bonchev–Trinajstić information content (AvgIpc) is 2.32. The Kier molecular flexibility index (Phi) is 3.67. The van der Waals surface area contributed by atoms with Crippen LogP contribution in [0.4, 0.5) is 0 Å². The van der Waals surface area contributed by atoms with Crippen molar-refractivity contribution in [3.8, 4) is 0 Å². The third kappa shape index (κ3) is 2.36. The van der Waals surface area contributed by atoms with Crippen LogP contribution >= 0.6 is 11.8 Å². The number of rotatable bonds is 3. The third-order valence-electron chi connectivity index (χ3n) is 2.51. The van der Waals surface area contributed by atoms with Gasteiger partial charge in [-0.3, -0.25) is 0 Å². The molecule has 2 rings (SSSR count). The van der Waals surface area contributed by atoms with Gasteiger partial charge in [0.05, 0.1) is 0 Å². The highest BCUT2D eigenvalue weighted by atomic mass is 32.2. The molecule has 0 aromatic heterocycles. The quantitative estimate of drug-likeness (QED) is 0.783. The molecule has 3 heteroatoms. The highest BCUT2D eigenvalue weighted by Gasteiger charge is 2.35. The van der Waals surface area contributed by atoms with Crippen LogP contribution in [-0.2, 0) is 10.5 Å². The summed E-state index contributed by atoms with van der Waals surface area (Å²) in [7, 11) is 0. The second-order valence-electron chi connectivity index (χ2n) is 3.52. The molecule has 0 spiro atoms. The fraction of sp³-hybridized carbons (Fsp3) is 0.500. The van der Waals surface area contributed by atoms with E-state index in [0.29, 0.717) is 6.61 Å². The summed E-state index contributed by atoms with van der Waals surface area (Å²) in [5.41, 5.74) is 0.790. The summed E-state index contributed by atoms with van der Waals surface area (Å²) >= 11 is 1.92. The standard InChI is InChI=1S/C12H16NOS/c1-2-14-12(10-15-9-8-13-12)11-6-4-3-5-7-11/h3-7H,2,8-10H2,1H3. The van der Waals surface area contributed by atoms with Gasteiger partial charge in [0.2, 0.25) is 0 Å². The van der Waals surface area contributed by atoms with Gasteiger partial charge in [0.1, 0.15) is 0 Å². The number of hydrogen-bond acceptors (Lipinski definition) is 2. The minimum atomic E-state index is -0.390. The zero-order chi connectivity index (χ0) is 10.6. The second-order valence-corrected chi connectivity index (χ2v) is 4.62. The van der Waals surface area contributed by atoms with Gasteiger partial charge in [-0.25, -0.2) is 5.32 Å². The van der Waals surface area contributed by atoms with E-state index in [1.54, 1.807) is 0 Å². The number of ether oxygens (including phenoxy) is 1. The van der Waals surface area contributed by atoms with Crippen molar-refractivity contribution in [1.82, 2.24) is 5.32 Å². The summed E-state index contributed by atoms with van der Waals surface area (Å²) in [6.45, 7) is 3.62. The lowest BCUT2D eigenvalue weighted by Gasteiger charge is -2.36. The molecule has 1 atom stereocenters. The topological polar surface area (TPSA) is 23.3 Å². The van der Waals surface area contributed by atoms with E-state index in [1.165, 1.54) is 5.56 Å². The highest BCUT2D eigenvalue weighted by Crippen LogP contribution is 2.31. The summed E-state index contributed by atoms with van der Waals surface area (Å²) in [6, 6.07) is 10.3. The third-order valence-corrected chi connectivity index (χ3v) is 3.58. The molecule has 1 aliphatic heterocycles. The Bertz CT molecular complexity index is 290. The fourth-order valence-electron chi connectivity index (χ4n) is 1.83. The van der Waals surface area contributed by atoms with Crippen LogP contribution in [0.25, 0.3) is 0 Å². The predicted molar refractivity (Wildman–Crippen MR) is 64.1 cm³/mol. The minimum Gasteiger partial charge on any atom is -0.354 e. The molecule has 1 aromatic carbocycles. The molecular weight excluding hydrogens is 206 g/mol. The molecule has 0 aliphatic carbocycles. The Morgan fingerprint density at radius 3 is 2.80 bits per heavy atom. The van der Waals surface area contributed by atoms with Gasteiger partial charge in [0.15, 0.2) is 5.72 Å². The van der Waals surface area contributed by atoms with Crippen molar-refractivity contribution in [3.63, 3.8) is 0 Å². The van der Waals surface area contributed by atoms with E-state index in [1.807, 2.05) is 36.9 Å². The van der Waals surface area contributed by atoms with E-state index in [2.05, 4.69) is 17.4 Å². The van der Waals surface area contributed by atoms with Crippen LogP contribution in [0.5, 0.6) is 0 Å². The van der Waals surface area contributed by atoms with Crippen LogP contribution in [0.2, 0.25) is 0 Å². The van der Waals surface area contributed by atoms with E-state index in [9.17, 15) is 0 Å². The van der Waals surface area contributed by atoms with E-state index in [0.717, 1.165) is 18.1 Å². The van der Waals surface area contributed by atoms with E-state index in [-0.39, 0.29) is 5.72 Å². The maximum Gasteiger partial charge on any atom is 0.169 e. The number of nitrogens with zero attached hydrogens (tertiary/aromatic N) is 1. The molecular formula is C12H16NOS. The van der Waals surface area contributed by atoms with E-state index >= 15 is 0 Å². The van der Waals surface area contributed by atoms with Gasteiger partial charge < -0.3 is 4.74 Å². The molecule has 15 heavy (non-hydrogen) atoms. The van der Waals surface area contributed by atoms with Crippen LogP contribution in [-0.4, -0.2) is 24.7 Å². The summed E-state index contributed by atoms with van der Waals surface area (Å²) in [5, 5.41) is 4.68. The molecule has 2 nitrogen and oxygen atoms in total. The maximum atomic E-state index is 5.87. The van der Waals surface area contributed by atoms with E-state index < -0.39 is 0 Å². The highest BCUT2D eigenvalue weighted by molar-refractivity contribution is 7.99. The monoisotopic (exact) mass is 222 g/mol. The first kappa shape index (κ1) is 11.0. The first-order valence-corrected chi connectivity index (χ1v) is 6.49. The number of thioether (sulfide) groups is 1. The van der Waals surface area contributed by atoms with Crippen molar-refractivity contribution in [2.24, 2.45) is 0 Å². The lowest BCUT2D eigenvalue weighted by Crippen LogP contribution is -2.46. The van der Waals surface area contributed by atoms with Crippen LogP contribution in [0.15, 0.2) is 30.3 Å². The van der Waals surface area contributed by atoms with Crippen LogP contribution in [0, 0.1) is 0 Å². The van der Waals surface area contributed by atoms with Crippen LogP contribution < -0.4 is 5.32 Å². The van der Waals surface area contributed by atoms with Crippen LogP contribution in [0.3, 0.4) is 0 Å². The maximum absolute atomic E-state index is 5.87. The zero-order valence-electron chi connectivity index (χ0n) is 8.98. The van der Waals surface area contributed by atoms with Crippen molar-refractivity contribution >= 4 is 11.8 Å². The Hall–Kier alpha value is -0.510. The summed E-state index contributed by atoms with van der Waals surface area (Å²) in [5.74, 6) is 2.05. The van der Waals surface area contributed by atoms with Gasteiger partial charge in [-0.15, -0.1) is 0 Å². The van der Waals surface area contributed by atoms with Gasteiger partial charge >= 0.3 is 0 Å². The van der Waals surface area contributed by atoms with Crippen molar-refractivity contribution < 1.29 is 4.74 Å². The molecule has 0 saturated carbocycles. The normalized spacial score (nSPS) is 26.5. The second kappa shape index (κ2) is 5.01. The van der Waals surface area contributed by atoms with Crippen molar-refractivity contribution in [2.75, 3.05) is 24.7 Å². The minimum absolute atomic E-state index is 0.390. The lowest BCUT2D eigenvalue weighted by molar-refractivity contribution is -0.0562. The van der Waals surface area contributed by atoms with Gasteiger partial charge in [0, 0.05) is 30.2 Å². The summed E-state index contributed by atoms with van der Waals surface area (Å²) in [4.78, 5) is 0. The van der Waals surface area contributed by atoms with Crippen LogP contribution in [0.1, 0.15) is 12.5 Å². The van der Waals surface area contributed by atoms with Crippen molar-refractivity contribution in [1.29, 1.82) is 0 Å². The van der Waals surface area contributed by atoms with Gasteiger partial charge in [-0.2, -0.15) is 11.8 Å². The SMILES string of the molecule is CCOC1(c2ccccc2)CSCC[N]1. The molecule has 1 unspecified atom stereocenters. The van der Waals surface area contributed by atoms with Crippen molar-refractivity contribution in [2.45, 2.75) is 12.6 Å². The first-order chi connectivity index (χ1) is 7.37. The summed E-state index contributed by atoms with van der Waals surface area (Å²) < 4.78 is 5.87. The van der Waals surface area contributed by atoms with Gasteiger partial charge in [0.25, 0.3) is 0 Å². The number of benzene rings is 1. The Balaban J connectivity index is 2.25. The summed E-state index contributed by atoms with van der Waals surface area (Å²) in [6.07, 6.45) is 0. The molecule has 0 amide bonds. The molecule has 1 radical (unpaired) electrons. The Labute approximate surface area is 95.4 Å². The Morgan fingerprint density at radius 1 is 1.40 bits per heavy atom. The molecule has 1 aromatic rings. The zero-order valence-corrected chi connectivity index (χ0v) is 9.80. The fourth-order valence-corrected chi connectivity index (χ4v) is 2.81. The molecule has 81 valence electrons. The predicted octanol–water partition coefficient (Wildman–Crippen LogP) is 2.23. The average molecular weight is 222 g/mol. The van der Waals surface area contributed by atoms with E-state index in [4.69, 9.17) is 4.74 Å². The molecule has 1 heterocycles. The molecule has 1 saturated heterocycles. The molecule has 0 N–H and O–H groups in total. The molecule has 0 bridgehead atoms. The largest absolute Gasteiger partial charge is 0.354 e. The molecule has 1 fully saturated rings. The number of hydrogen-bond donors (Lipinski definition) is 0. The molecule has 1 aliphatic rings. The van der Waals surface area contributed by atoms with Gasteiger partial charge in [-0.1, -0.05) is 30.3 Å². The smallest absolute Gasteiger partial charge is 0.169 e. The Morgan fingerprint density at radius 2 is 2.20 bits per heavy atom. The first-order valence-electron chi connectivity index (χ1n) is 5.33. The van der Waals surface area contributed by atoms with Crippen molar-refractivity contribution in [3.05, 3.63) is 35.9 Å². The van der Waals surface area contributed by atoms with Gasteiger partial charge in [-0.05, 0) is 6.92 Å². The lowest BCUT2D eigenvalue weighted by atomic mass is 10.0.